The first-order valence-corrected chi connectivity index (χ1v) is 7.89. The zero-order valence-corrected chi connectivity index (χ0v) is 13.5. The molecule has 1 fully saturated rings. The van der Waals surface area contributed by atoms with E-state index in [4.69, 9.17) is 5.11 Å². The number of aliphatic carboxylic acids is 1. The summed E-state index contributed by atoms with van der Waals surface area (Å²) in [5.41, 5.74) is 0.574. The Morgan fingerprint density at radius 1 is 1.52 bits per heavy atom. The molecule has 0 spiro atoms. The van der Waals surface area contributed by atoms with E-state index in [0.29, 0.717) is 16.7 Å². The minimum absolute atomic E-state index is 0.0257. The van der Waals surface area contributed by atoms with E-state index in [1.165, 1.54) is 0 Å². The maximum Gasteiger partial charge on any atom is 0.303 e. The molecule has 0 bridgehead atoms. The molecule has 1 aliphatic heterocycles. The van der Waals surface area contributed by atoms with Crippen LogP contribution in [0.3, 0.4) is 0 Å². The lowest BCUT2D eigenvalue weighted by atomic mass is 9.84. The Labute approximate surface area is 132 Å². The molecule has 1 saturated heterocycles. The summed E-state index contributed by atoms with van der Waals surface area (Å²) in [6.45, 7) is 3.31. The number of pyridine rings is 1. The van der Waals surface area contributed by atoms with E-state index in [0.717, 1.165) is 19.4 Å². The van der Waals surface area contributed by atoms with Gasteiger partial charge in [0.1, 0.15) is 4.60 Å². The molecule has 0 radical (unpaired) electrons. The highest BCUT2D eigenvalue weighted by atomic mass is 79.9. The smallest absolute Gasteiger partial charge is 0.303 e. The molecule has 1 aromatic heterocycles. The summed E-state index contributed by atoms with van der Waals surface area (Å²) in [7, 11) is 0. The van der Waals surface area contributed by atoms with Gasteiger partial charge in [-0.15, -0.1) is 0 Å². The molecule has 0 saturated carbocycles. The van der Waals surface area contributed by atoms with Crippen LogP contribution in [0.15, 0.2) is 22.9 Å². The average Bonchev–Trinajstić information content (AvgIpc) is 2.47. The topological polar surface area (TPSA) is 70.5 Å². The summed E-state index contributed by atoms with van der Waals surface area (Å²) in [6, 6.07) is 3.51. The zero-order valence-electron chi connectivity index (χ0n) is 12.0. The van der Waals surface area contributed by atoms with Gasteiger partial charge in [0.25, 0.3) is 5.91 Å². The number of halogens is 1. The third-order valence-electron chi connectivity index (χ3n) is 4.02. The fourth-order valence-electron chi connectivity index (χ4n) is 2.79. The van der Waals surface area contributed by atoms with Crippen LogP contribution in [0.2, 0.25) is 0 Å². The van der Waals surface area contributed by atoms with Crippen molar-refractivity contribution in [3.63, 3.8) is 0 Å². The summed E-state index contributed by atoms with van der Waals surface area (Å²) in [5.74, 6) is -0.464. The molecule has 1 aliphatic rings. The first-order valence-electron chi connectivity index (χ1n) is 7.10. The van der Waals surface area contributed by atoms with Gasteiger partial charge < -0.3 is 10.0 Å². The summed E-state index contributed by atoms with van der Waals surface area (Å²) in [5, 5.41) is 8.90. The summed E-state index contributed by atoms with van der Waals surface area (Å²) >= 11 is 3.25. The zero-order chi connectivity index (χ0) is 15.4. The molecule has 114 valence electrons. The molecule has 2 atom stereocenters. The lowest BCUT2D eigenvalue weighted by Crippen LogP contribution is -2.42. The van der Waals surface area contributed by atoms with Crippen molar-refractivity contribution >= 4 is 27.8 Å². The highest BCUT2D eigenvalue weighted by molar-refractivity contribution is 9.10. The van der Waals surface area contributed by atoms with E-state index in [-0.39, 0.29) is 24.2 Å². The fraction of sp³-hybridized carbons (Fsp3) is 0.533. The van der Waals surface area contributed by atoms with E-state index in [1.54, 1.807) is 18.3 Å². The van der Waals surface area contributed by atoms with Gasteiger partial charge in [-0.1, -0.05) is 6.92 Å². The molecular weight excluding hydrogens is 336 g/mol. The third-order valence-corrected chi connectivity index (χ3v) is 4.49. The van der Waals surface area contributed by atoms with E-state index in [9.17, 15) is 9.59 Å². The highest BCUT2D eigenvalue weighted by Crippen LogP contribution is 2.27. The SMILES string of the molecule is CC(CC(=O)O)C1CCCN(C(=O)c2ccc(Br)nc2)C1. The number of carbonyl (C=O) groups is 2. The van der Waals surface area contributed by atoms with Crippen LogP contribution in [-0.2, 0) is 4.79 Å². The Bertz CT molecular complexity index is 518. The maximum absolute atomic E-state index is 12.5. The summed E-state index contributed by atoms with van der Waals surface area (Å²) in [4.78, 5) is 29.2. The van der Waals surface area contributed by atoms with Crippen LogP contribution in [-0.4, -0.2) is 40.0 Å². The van der Waals surface area contributed by atoms with Crippen molar-refractivity contribution in [1.29, 1.82) is 0 Å². The molecule has 0 aromatic carbocycles. The predicted octanol–water partition coefficient (Wildman–Crippen LogP) is 2.81. The quantitative estimate of drug-likeness (QED) is 0.844. The van der Waals surface area contributed by atoms with Gasteiger partial charge in [-0.2, -0.15) is 0 Å². The second-order valence-electron chi connectivity index (χ2n) is 5.60. The van der Waals surface area contributed by atoms with Gasteiger partial charge >= 0.3 is 5.97 Å². The average molecular weight is 355 g/mol. The van der Waals surface area contributed by atoms with Crippen molar-refractivity contribution in [2.24, 2.45) is 11.8 Å². The first-order chi connectivity index (χ1) is 9.97. The molecule has 6 heteroatoms. The summed E-state index contributed by atoms with van der Waals surface area (Å²) < 4.78 is 0.700. The second kappa shape index (κ2) is 7.02. The van der Waals surface area contributed by atoms with Gasteiger partial charge in [0.05, 0.1) is 5.56 Å². The maximum atomic E-state index is 12.5. The van der Waals surface area contributed by atoms with Crippen LogP contribution in [0, 0.1) is 11.8 Å². The van der Waals surface area contributed by atoms with Gasteiger partial charge in [-0.3, -0.25) is 9.59 Å². The highest BCUT2D eigenvalue weighted by Gasteiger charge is 2.28. The van der Waals surface area contributed by atoms with Crippen LogP contribution < -0.4 is 0 Å². The Kier molecular flexibility index (Phi) is 5.33. The molecule has 0 aliphatic carbocycles. The number of amides is 1. The molecule has 21 heavy (non-hydrogen) atoms. The number of rotatable bonds is 4. The number of likely N-dealkylation sites (tertiary alicyclic amines) is 1. The Balaban J connectivity index is 2.01. The molecule has 2 heterocycles. The van der Waals surface area contributed by atoms with Crippen molar-refractivity contribution in [1.82, 2.24) is 9.88 Å². The third kappa shape index (κ3) is 4.27. The minimum atomic E-state index is -0.775. The lowest BCUT2D eigenvalue weighted by molar-refractivity contribution is -0.138. The largest absolute Gasteiger partial charge is 0.481 e. The molecule has 2 rings (SSSR count). The van der Waals surface area contributed by atoms with Crippen molar-refractivity contribution in [3.05, 3.63) is 28.5 Å². The number of carbonyl (C=O) groups excluding carboxylic acids is 1. The van der Waals surface area contributed by atoms with E-state index >= 15 is 0 Å². The number of hydrogen-bond donors (Lipinski definition) is 1. The number of carboxylic acid groups (broad SMARTS) is 1. The van der Waals surface area contributed by atoms with E-state index in [1.807, 2.05) is 11.8 Å². The van der Waals surface area contributed by atoms with Crippen molar-refractivity contribution in [2.45, 2.75) is 26.2 Å². The number of piperidine rings is 1. The Hall–Kier alpha value is -1.43. The standard InChI is InChI=1S/C15H19BrN2O3/c1-10(7-14(19)20)12-3-2-6-18(9-12)15(21)11-4-5-13(16)17-8-11/h4-5,8,10,12H,2-3,6-7,9H2,1H3,(H,19,20). The van der Waals surface area contributed by atoms with Gasteiger partial charge in [0, 0.05) is 25.7 Å². The second-order valence-corrected chi connectivity index (χ2v) is 6.41. The van der Waals surface area contributed by atoms with E-state index in [2.05, 4.69) is 20.9 Å². The minimum Gasteiger partial charge on any atom is -0.481 e. The number of hydrogen-bond acceptors (Lipinski definition) is 3. The molecular formula is C15H19BrN2O3. The number of carboxylic acids is 1. The van der Waals surface area contributed by atoms with Crippen LogP contribution in [0.5, 0.6) is 0 Å². The Morgan fingerprint density at radius 3 is 2.90 bits per heavy atom. The molecule has 1 aromatic rings. The fourth-order valence-corrected chi connectivity index (χ4v) is 3.02. The number of aromatic nitrogens is 1. The van der Waals surface area contributed by atoms with Crippen molar-refractivity contribution < 1.29 is 14.7 Å². The first kappa shape index (κ1) is 15.9. The number of nitrogens with zero attached hydrogens (tertiary/aromatic N) is 2. The van der Waals surface area contributed by atoms with Gasteiger partial charge in [-0.05, 0) is 52.7 Å². The summed E-state index contributed by atoms with van der Waals surface area (Å²) in [6.07, 6.45) is 3.63. The molecule has 5 nitrogen and oxygen atoms in total. The molecule has 1 N–H and O–H groups in total. The van der Waals surface area contributed by atoms with Gasteiger partial charge in [0.15, 0.2) is 0 Å². The van der Waals surface area contributed by atoms with E-state index < -0.39 is 5.97 Å². The van der Waals surface area contributed by atoms with Crippen LogP contribution in [0.25, 0.3) is 0 Å². The van der Waals surface area contributed by atoms with Crippen molar-refractivity contribution in [3.8, 4) is 0 Å². The Morgan fingerprint density at radius 2 is 2.29 bits per heavy atom. The van der Waals surface area contributed by atoms with Crippen LogP contribution >= 0.6 is 15.9 Å². The van der Waals surface area contributed by atoms with Crippen LogP contribution in [0.1, 0.15) is 36.5 Å². The monoisotopic (exact) mass is 354 g/mol. The van der Waals surface area contributed by atoms with Gasteiger partial charge in [0.2, 0.25) is 0 Å². The van der Waals surface area contributed by atoms with Crippen LogP contribution in [0.4, 0.5) is 0 Å². The van der Waals surface area contributed by atoms with Crippen molar-refractivity contribution in [2.75, 3.05) is 13.1 Å². The predicted molar refractivity (Wildman–Crippen MR) is 82.0 cm³/mol. The molecule has 2 unspecified atom stereocenters. The van der Waals surface area contributed by atoms with Gasteiger partial charge in [-0.25, -0.2) is 4.98 Å². The lowest BCUT2D eigenvalue weighted by Gasteiger charge is -2.35. The normalized spacial score (nSPS) is 20.1. The molecule has 1 amide bonds.